The molecule has 0 fully saturated rings. The summed E-state index contributed by atoms with van der Waals surface area (Å²) >= 11 is 0. The molecule has 3 N–H and O–H groups in total. The van der Waals surface area contributed by atoms with E-state index in [-0.39, 0.29) is 0 Å². The molecule has 1 aromatic carbocycles. The predicted octanol–water partition coefficient (Wildman–Crippen LogP) is 2.36. The van der Waals surface area contributed by atoms with Crippen LogP contribution < -0.4 is 15.8 Å². The first kappa shape index (κ1) is 12.2. The first-order valence-corrected chi connectivity index (χ1v) is 6.04. The third-order valence-corrected chi connectivity index (χ3v) is 2.92. The molecule has 3 aromatic rings. The maximum Gasteiger partial charge on any atom is 0.215 e. The number of fused-ring (bicyclic) bond motifs is 1. The Morgan fingerprint density at radius 1 is 1.15 bits per heavy atom. The first-order valence-electron chi connectivity index (χ1n) is 6.04. The second-order valence-electron chi connectivity index (χ2n) is 4.18. The number of hydrogen-bond donors (Lipinski definition) is 2. The van der Waals surface area contributed by atoms with Crippen LogP contribution in [0.3, 0.4) is 0 Å². The van der Waals surface area contributed by atoms with E-state index in [1.54, 1.807) is 19.4 Å². The third kappa shape index (κ3) is 2.18. The fraction of sp³-hybridized carbons (Fsp3) is 0.0714. The number of nitrogens with one attached hydrogen (secondary N) is 1. The van der Waals surface area contributed by atoms with Crippen LogP contribution in [0, 0.1) is 0 Å². The molecule has 0 bridgehead atoms. The van der Waals surface area contributed by atoms with Gasteiger partial charge >= 0.3 is 0 Å². The molecule has 0 aliphatic heterocycles. The zero-order valence-electron chi connectivity index (χ0n) is 10.9. The number of anilines is 3. The number of nitrogens with two attached hydrogens (primary N) is 1. The second-order valence-corrected chi connectivity index (χ2v) is 4.18. The summed E-state index contributed by atoms with van der Waals surface area (Å²) in [4.78, 5) is 12.6. The van der Waals surface area contributed by atoms with Crippen molar-refractivity contribution in [2.24, 2.45) is 0 Å². The van der Waals surface area contributed by atoms with E-state index >= 15 is 0 Å². The molecule has 0 unspecified atom stereocenters. The van der Waals surface area contributed by atoms with Gasteiger partial charge in [0.25, 0.3) is 0 Å². The van der Waals surface area contributed by atoms with E-state index in [4.69, 9.17) is 10.5 Å². The molecule has 0 saturated heterocycles. The van der Waals surface area contributed by atoms with Crippen LogP contribution in [0.1, 0.15) is 0 Å². The number of methoxy groups -OCH3 is 1. The van der Waals surface area contributed by atoms with Gasteiger partial charge in [-0.1, -0.05) is 12.1 Å². The summed E-state index contributed by atoms with van der Waals surface area (Å²) in [5.41, 5.74) is 8.12. The van der Waals surface area contributed by atoms with E-state index in [2.05, 4.69) is 20.3 Å². The minimum Gasteiger partial charge on any atom is -0.481 e. The van der Waals surface area contributed by atoms with Crippen LogP contribution in [0.2, 0.25) is 0 Å². The van der Waals surface area contributed by atoms with Gasteiger partial charge in [-0.05, 0) is 12.1 Å². The highest BCUT2D eigenvalue weighted by Crippen LogP contribution is 2.26. The average Bonchev–Trinajstić information content (AvgIpc) is 2.49. The Hall–Kier alpha value is -2.89. The Balaban J connectivity index is 2.06. The number of aromatic nitrogens is 3. The summed E-state index contributed by atoms with van der Waals surface area (Å²) in [6.45, 7) is 0. The molecule has 0 aliphatic carbocycles. The molecule has 0 spiro atoms. The summed E-state index contributed by atoms with van der Waals surface area (Å²) in [7, 11) is 1.57. The zero-order chi connectivity index (χ0) is 13.9. The highest BCUT2D eigenvalue weighted by atomic mass is 16.5. The average molecular weight is 267 g/mol. The van der Waals surface area contributed by atoms with Crippen molar-refractivity contribution in [2.75, 3.05) is 18.2 Å². The number of para-hydroxylation sites is 2. The SMILES string of the molecule is COc1cc2ncnc(Nc3ccccc3N)c2cn1. The van der Waals surface area contributed by atoms with Crippen LogP contribution in [0.5, 0.6) is 5.88 Å². The summed E-state index contributed by atoms with van der Waals surface area (Å²) in [6.07, 6.45) is 3.17. The molecule has 2 heterocycles. The van der Waals surface area contributed by atoms with Gasteiger partial charge in [-0.25, -0.2) is 15.0 Å². The Kier molecular flexibility index (Phi) is 3.04. The van der Waals surface area contributed by atoms with Crippen molar-refractivity contribution in [1.82, 2.24) is 15.0 Å². The molecule has 0 amide bonds. The molecule has 20 heavy (non-hydrogen) atoms. The highest BCUT2D eigenvalue weighted by Gasteiger charge is 2.07. The van der Waals surface area contributed by atoms with Gasteiger partial charge in [-0.3, -0.25) is 0 Å². The number of benzene rings is 1. The lowest BCUT2D eigenvalue weighted by atomic mass is 10.2. The standard InChI is InChI=1S/C14H13N5O/c1-20-13-6-12-9(7-16-13)14(18-8-17-12)19-11-5-3-2-4-10(11)15/h2-8H,15H2,1H3,(H,17,18,19). The van der Waals surface area contributed by atoms with Crippen LogP contribution >= 0.6 is 0 Å². The third-order valence-electron chi connectivity index (χ3n) is 2.92. The van der Waals surface area contributed by atoms with Crippen molar-refractivity contribution in [1.29, 1.82) is 0 Å². The fourth-order valence-electron chi connectivity index (χ4n) is 1.88. The van der Waals surface area contributed by atoms with Crippen LogP contribution in [-0.4, -0.2) is 22.1 Å². The summed E-state index contributed by atoms with van der Waals surface area (Å²) < 4.78 is 5.09. The van der Waals surface area contributed by atoms with E-state index in [9.17, 15) is 0 Å². The number of ether oxygens (including phenoxy) is 1. The van der Waals surface area contributed by atoms with Gasteiger partial charge in [0.05, 0.1) is 29.4 Å². The summed E-state index contributed by atoms with van der Waals surface area (Å²) in [6, 6.07) is 9.26. The first-order chi connectivity index (χ1) is 9.78. The van der Waals surface area contributed by atoms with Gasteiger partial charge in [0.1, 0.15) is 12.1 Å². The molecule has 6 heteroatoms. The molecule has 100 valence electrons. The van der Waals surface area contributed by atoms with Gasteiger partial charge < -0.3 is 15.8 Å². The molecular formula is C14H13N5O. The summed E-state index contributed by atoms with van der Waals surface area (Å²) in [5.74, 6) is 1.17. The smallest absolute Gasteiger partial charge is 0.215 e. The number of nitrogens with zero attached hydrogens (tertiary/aromatic N) is 3. The minimum atomic E-state index is 0.515. The lowest BCUT2D eigenvalue weighted by molar-refractivity contribution is 0.398. The topological polar surface area (TPSA) is 86.0 Å². The van der Waals surface area contributed by atoms with Gasteiger partial charge in [-0.2, -0.15) is 0 Å². The number of nitrogen functional groups attached to an aromatic ring is 1. The van der Waals surface area contributed by atoms with E-state index in [0.717, 1.165) is 16.6 Å². The lowest BCUT2D eigenvalue weighted by Gasteiger charge is -2.10. The number of rotatable bonds is 3. The van der Waals surface area contributed by atoms with E-state index in [0.29, 0.717) is 17.4 Å². The maximum atomic E-state index is 5.92. The van der Waals surface area contributed by atoms with Crippen LogP contribution in [0.25, 0.3) is 10.9 Å². The van der Waals surface area contributed by atoms with Crippen molar-refractivity contribution >= 4 is 28.1 Å². The van der Waals surface area contributed by atoms with E-state index in [1.807, 2.05) is 24.3 Å². The zero-order valence-corrected chi connectivity index (χ0v) is 10.9. The molecular weight excluding hydrogens is 254 g/mol. The molecule has 0 aliphatic rings. The minimum absolute atomic E-state index is 0.515. The number of pyridine rings is 1. The normalized spacial score (nSPS) is 10.4. The summed E-state index contributed by atoms with van der Waals surface area (Å²) in [5, 5.41) is 4.00. The van der Waals surface area contributed by atoms with Crippen LogP contribution in [-0.2, 0) is 0 Å². The van der Waals surface area contributed by atoms with Crippen LogP contribution in [0.4, 0.5) is 17.2 Å². The highest BCUT2D eigenvalue weighted by molar-refractivity contribution is 5.91. The van der Waals surface area contributed by atoms with E-state index < -0.39 is 0 Å². The monoisotopic (exact) mass is 267 g/mol. The van der Waals surface area contributed by atoms with Gasteiger partial charge in [0.2, 0.25) is 5.88 Å². The van der Waals surface area contributed by atoms with Crippen molar-refractivity contribution in [3.63, 3.8) is 0 Å². The lowest BCUT2D eigenvalue weighted by Crippen LogP contribution is -2.00. The second kappa shape index (κ2) is 5.00. The molecule has 0 saturated carbocycles. The van der Waals surface area contributed by atoms with Gasteiger partial charge in [-0.15, -0.1) is 0 Å². The Bertz CT molecular complexity index is 759. The van der Waals surface area contributed by atoms with Crippen molar-refractivity contribution in [2.45, 2.75) is 0 Å². The van der Waals surface area contributed by atoms with Gasteiger partial charge in [0.15, 0.2) is 0 Å². The molecule has 2 aromatic heterocycles. The maximum absolute atomic E-state index is 5.92. The largest absolute Gasteiger partial charge is 0.481 e. The Labute approximate surface area is 115 Å². The number of hydrogen-bond acceptors (Lipinski definition) is 6. The fourth-order valence-corrected chi connectivity index (χ4v) is 1.88. The predicted molar refractivity (Wildman–Crippen MR) is 78.0 cm³/mol. The Morgan fingerprint density at radius 3 is 2.80 bits per heavy atom. The van der Waals surface area contributed by atoms with Crippen molar-refractivity contribution in [3.8, 4) is 5.88 Å². The molecule has 0 atom stereocenters. The van der Waals surface area contributed by atoms with Crippen LogP contribution in [0.15, 0.2) is 42.9 Å². The van der Waals surface area contributed by atoms with E-state index in [1.165, 1.54) is 6.33 Å². The molecule has 6 nitrogen and oxygen atoms in total. The quantitative estimate of drug-likeness (QED) is 0.708. The van der Waals surface area contributed by atoms with Crippen molar-refractivity contribution < 1.29 is 4.74 Å². The molecule has 3 rings (SSSR count). The molecule has 0 radical (unpaired) electrons. The van der Waals surface area contributed by atoms with Gasteiger partial charge in [0, 0.05) is 12.3 Å². The van der Waals surface area contributed by atoms with Crippen molar-refractivity contribution in [3.05, 3.63) is 42.9 Å². The Morgan fingerprint density at radius 2 is 2.00 bits per heavy atom.